The maximum absolute atomic E-state index is 11.3. The molecule has 11 nitrogen and oxygen atoms in total. The first kappa shape index (κ1) is 28.5. The normalized spacial score (nSPS) is 11.6. The number of nitrogens with zero attached hydrogens (tertiary/aromatic N) is 4. The van der Waals surface area contributed by atoms with Crippen LogP contribution in [0.1, 0.15) is 26.3 Å². The van der Waals surface area contributed by atoms with Crippen LogP contribution in [0.5, 0.6) is 23.3 Å². The van der Waals surface area contributed by atoms with Gasteiger partial charge in [0.1, 0.15) is 23.9 Å². The first-order chi connectivity index (χ1) is 18.3. The third kappa shape index (κ3) is 8.77. The first-order valence-corrected chi connectivity index (χ1v) is 12.4. The van der Waals surface area contributed by atoms with Gasteiger partial charge in [0.05, 0.1) is 13.7 Å². The molecule has 0 aliphatic rings. The van der Waals surface area contributed by atoms with Crippen molar-refractivity contribution in [1.82, 2.24) is 15.0 Å². The molecule has 2 aromatic carbocycles. The molecule has 0 radical (unpaired) electrons. The Morgan fingerprint density at radius 3 is 2.26 bits per heavy atom. The summed E-state index contributed by atoms with van der Waals surface area (Å²) in [5, 5.41) is 12.5. The number of nitrogens with one attached hydrogen (secondary N) is 1. The maximum atomic E-state index is 11.3. The van der Waals surface area contributed by atoms with Gasteiger partial charge in [0, 0.05) is 26.1 Å². The van der Waals surface area contributed by atoms with Gasteiger partial charge in [-0.15, -0.1) is 0 Å². The molecule has 3 aromatic rings. The smallest absolute Gasteiger partial charge is 0.333 e. The minimum atomic E-state index is -0.974. The summed E-state index contributed by atoms with van der Waals surface area (Å²) in [5.74, 6) is 1.83. The molecule has 0 saturated carbocycles. The predicted octanol–water partition coefficient (Wildman–Crippen LogP) is 4.04. The highest BCUT2D eigenvalue weighted by Crippen LogP contribution is 2.23. The highest BCUT2D eigenvalue weighted by molar-refractivity contribution is 5.72. The SMILES string of the molecule is CCOC(Cc1ccc(OCCN(C)c2nc(NC(C)C)nc(Oc3ccc(OC)cc3)n2)cc1)C(=O)O. The Kier molecular flexibility index (Phi) is 10.5. The van der Waals surface area contributed by atoms with Crippen LogP contribution in [0.25, 0.3) is 0 Å². The van der Waals surface area contributed by atoms with Crippen LogP contribution in [0.2, 0.25) is 0 Å². The van der Waals surface area contributed by atoms with Crippen LogP contribution in [0, 0.1) is 0 Å². The molecule has 0 amide bonds. The quantitative estimate of drug-likeness (QED) is 0.298. The molecule has 1 atom stereocenters. The van der Waals surface area contributed by atoms with Crippen LogP contribution in [0.4, 0.5) is 11.9 Å². The maximum Gasteiger partial charge on any atom is 0.333 e. The van der Waals surface area contributed by atoms with Crippen molar-refractivity contribution >= 4 is 17.9 Å². The summed E-state index contributed by atoms with van der Waals surface area (Å²) in [7, 11) is 3.46. The van der Waals surface area contributed by atoms with E-state index in [0.29, 0.717) is 49.6 Å². The number of carboxylic acid groups (broad SMARTS) is 1. The molecule has 0 spiro atoms. The van der Waals surface area contributed by atoms with Gasteiger partial charge in [0.15, 0.2) is 6.10 Å². The summed E-state index contributed by atoms with van der Waals surface area (Å²) >= 11 is 0. The van der Waals surface area contributed by atoms with Gasteiger partial charge in [0.25, 0.3) is 0 Å². The van der Waals surface area contributed by atoms with Gasteiger partial charge in [-0.25, -0.2) is 4.79 Å². The van der Waals surface area contributed by atoms with Crippen LogP contribution >= 0.6 is 0 Å². The molecule has 0 aliphatic heterocycles. The number of rotatable bonds is 15. The van der Waals surface area contributed by atoms with Gasteiger partial charge in [0.2, 0.25) is 11.9 Å². The average molecular weight is 526 g/mol. The number of likely N-dealkylation sites (N-methyl/N-ethyl adjacent to an activating group) is 1. The third-order valence-electron chi connectivity index (χ3n) is 5.31. The Morgan fingerprint density at radius 2 is 1.66 bits per heavy atom. The van der Waals surface area contributed by atoms with E-state index in [1.54, 1.807) is 38.3 Å². The summed E-state index contributed by atoms with van der Waals surface area (Å²) in [6.45, 7) is 6.98. The van der Waals surface area contributed by atoms with Gasteiger partial charge in [-0.1, -0.05) is 12.1 Å². The molecule has 2 N–H and O–H groups in total. The molecular weight excluding hydrogens is 490 g/mol. The lowest BCUT2D eigenvalue weighted by atomic mass is 10.1. The average Bonchev–Trinajstić information content (AvgIpc) is 2.89. The fourth-order valence-electron chi connectivity index (χ4n) is 3.39. The Bertz CT molecular complexity index is 1160. The number of anilines is 2. The number of carboxylic acids is 1. The number of carbonyl (C=O) groups is 1. The molecule has 38 heavy (non-hydrogen) atoms. The number of benzene rings is 2. The Balaban J connectivity index is 1.61. The topological polar surface area (TPSA) is 128 Å². The van der Waals surface area contributed by atoms with Crippen LogP contribution < -0.4 is 24.4 Å². The van der Waals surface area contributed by atoms with Crippen molar-refractivity contribution in [3.63, 3.8) is 0 Å². The molecular formula is C27H35N5O6. The van der Waals surface area contributed by atoms with E-state index in [-0.39, 0.29) is 12.1 Å². The molecule has 0 aliphatic carbocycles. The van der Waals surface area contributed by atoms with Crippen molar-refractivity contribution in [2.45, 2.75) is 39.3 Å². The van der Waals surface area contributed by atoms with Crippen LogP contribution in [-0.4, -0.2) is 72.1 Å². The fraction of sp³-hybridized carbons (Fsp3) is 0.407. The largest absolute Gasteiger partial charge is 0.497 e. The highest BCUT2D eigenvalue weighted by Gasteiger charge is 2.18. The molecule has 204 valence electrons. The first-order valence-electron chi connectivity index (χ1n) is 12.4. The fourth-order valence-corrected chi connectivity index (χ4v) is 3.39. The van der Waals surface area contributed by atoms with E-state index >= 15 is 0 Å². The van der Waals surface area contributed by atoms with Crippen molar-refractivity contribution in [2.24, 2.45) is 0 Å². The second-order valence-electron chi connectivity index (χ2n) is 8.72. The predicted molar refractivity (Wildman–Crippen MR) is 144 cm³/mol. The molecule has 0 saturated heterocycles. The zero-order valence-corrected chi connectivity index (χ0v) is 22.4. The molecule has 0 fully saturated rings. The Morgan fingerprint density at radius 1 is 1.00 bits per heavy atom. The molecule has 1 heterocycles. The monoisotopic (exact) mass is 525 g/mol. The number of aliphatic carboxylic acids is 1. The van der Waals surface area contributed by atoms with E-state index in [1.807, 2.05) is 50.1 Å². The highest BCUT2D eigenvalue weighted by atomic mass is 16.5. The van der Waals surface area contributed by atoms with Crippen molar-refractivity contribution in [3.8, 4) is 23.3 Å². The molecule has 1 unspecified atom stereocenters. The third-order valence-corrected chi connectivity index (χ3v) is 5.31. The number of aromatic nitrogens is 3. The van der Waals surface area contributed by atoms with E-state index in [4.69, 9.17) is 18.9 Å². The van der Waals surface area contributed by atoms with Crippen molar-refractivity contribution < 1.29 is 28.8 Å². The van der Waals surface area contributed by atoms with Gasteiger partial charge >= 0.3 is 12.0 Å². The number of methoxy groups -OCH3 is 1. The lowest BCUT2D eigenvalue weighted by Crippen LogP contribution is -2.27. The summed E-state index contributed by atoms with van der Waals surface area (Å²) in [6.07, 6.45) is -0.575. The summed E-state index contributed by atoms with van der Waals surface area (Å²) < 4.78 is 22.2. The van der Waals surface area contributed by atoms with Crippen molar-refractivity contribution in [1.29, 1.82) is 0 Å². The minimum Gasteiger partial charge on any atom is -0.497 e. The second-order valence-corrected chi connectivity index (χ2v) is 8.72. The van der Waals surface area contributed by atoms with E-state index in [2.05, 4.69) is 20.3 Å². The Labute approximate surface area is 222 Å². The Hall–Kier alpha value is -4.12. The van der Waals surface area contributed by atoms with Gasteiger partial charge in [-0.3, -0.25) is 0 Å². The van der Waals surface area contributed by atoms with E-state index in [9.17, 15) is 9.90 Å². The van der Waals surface area contributed by atoms with Crippen LogP contribution in [0.15, 0.2) is 48.5 Å². The molecule has 11 heteroatoms. The second kappa shape index (κ2) is 14.0. The van der Waals surface area contributed by atoms with E-state index in [1.165, 1.54) is 0 Å². The summed E-state index contributed by atoms with van der Waals surface area (Å²) in [6, 6.07) is 14.7. The molecule has 3 rings (SSSR count). The summed E-state index contributed by atoms with van der Waals surface area (Å²) in [4.78, 5) is 26.5. The lowest BCUT2D eigenvalue weighted by Gasteiger charge is -2.19. The zero-order valence-electron chi connectivity index (χ0n) is 22.4. The van der Waals surface area contributed by atoms with Gasteiger partial charge < -0.3 is 34.3 Å². The lowest BCUT2D eigenvalue weighted by molar-refractivity contribution is -0.149. The van der Waals surface area contributed by atoms with Crippen molar-refractivity contribution in [3.05, 3.63) is 54.1 Å². The van der Waals surface area contributed by atoms with E-state index < -0.39 is 12.1 Å². The molecule has 0 bridgehead atoms. The van der Waals surface area contributed by atoms with Gasteiger partial charge in [-0.2, -0.15) is 15.0 Å². The van der Waals surface area contributed by atoms with E-state index in [0.717, 1.165) is 11.3 Å². The number of hydrogen-bond donors (Lipinski definition) is 2. The van der Waals surface area contributed by atoms with Crippen LogP contribution in [-0.2, 0) is 16.0 Å². The minimum absolute atomic E-state index is 0.120. The number of hydrogen-bond acceptors (Lipinski definition) is 10. The standard InChI is InChI=1S/C27H35N5O6/c1-6-36-23(24(33)34)17-19-7-9-21(10-8-19)37-16-15-32(4)26-29-25(28-18(2)3)30-27(31-26)38-22-13-11-20(35-5)12-14-22/h7-14,18,23H,6,15-17H2,1-5H3,(H,33,34)(H,28,29,30,31). The number of ether oxygens (including phenoxy) is 4. The molecule has 1 aromatic heterocycles. The van der Waals surface area contributed by atoms with Crippen molar-refractivity contribution in [2.75, 3.05) is 44.1 Å². The van der Waals surface area contributed by atoms with Gasteiger partial charge in [-0.05, 0) is 62.7 Å². The zero-order chi connectivity index (χ0) is 27.5. The van der Waals surface area contributed by atoms with Crippen LogP contribution in [0.3, 0.4) is 0 Å². The summed E-state index contributed by atoms with van der Waals surface area (Å²) in [5.41, 5.74) is 0.857.